The van der Waals surface area contributed by atoms with Gasteiger partial charge in [-0.25, -0.2) is 0 Å². The number of piperazine rings is 1. The predicted molar refractivity (Wildman–Crippen MR) is 105 cm³/mol. The highest BCUT2D eigenvalue weighted by Crippen LogP contribution is 2.13. The predicted octanol–water partition coefficient (Wildman–Crippen LogP) is 2.41. The lowest BCUT2D eigenvalue weighted by atomic mass is 10.2. The Labute approximate surface area is 160 Å². The topological polar surface area (TPSA) is 68.6 Å². The average molecular weight is 375 g/mol. The standard InChI is InChI=1S/C19H26N4O2S/c1-2-3-15-25-17-7-5-16(6-8-17)18(24)21-19(26)23-13-11-22(12-14-23)10-4-9-20/h5-8H,2-4,10-15H2,1H3,(H,21,24,26). The molecule has 1 saturated heterocycles. The Morgan fingerprint density at radius 3 is 2.58 bits per heavy atom. The van der Waals surface area contributed by atoms with Crippen LogP contribution in [0.1, 0.15) is 36.5 Å². The van der Waals surface area contributed by atoms with Crippen LogP contribution in [0.15, 0.2) is 24.3 Å². The van der Waals surface area contributed by atoms with E-state index < -0.39 is 0 Å². The smallest absolute Gasteiger partial charge is 0.257 e. The number of ether oxygens (including phenoxy) is 1. The van der Waals surface area contributed by atoms with Crippen LogP contribution in [0.2, 0.25) is 0 Å². The third-order valence-electron chi connectivity index (χ3n) is 4.30. The van der Waals surface area contributed by atoms with Crippen LogP contribution in [0.5, 0.6) is 5.75 Å². The summed E-state index contributed by atoms with van der Waals surface area (Å²) >= 11 is 5.37. The highest BCUT2D eigenvalue weighted by Gasteiger charge is 2.20. The first-order valence-corrected chi connectivity index (χ1v) is 9.47. The number of hydrogen-bond acceptors (Lipinski definition) is 5. The molecule has 7 heteroatoms. The molecule has 0 spiro atoms. The summed E-state index contributed by atoms with van der Waals surface area (Å²) in [5, 5.41) is 11.9. The van der Waals surface area contributed by atoms with Crippen molar-refractivity contribution in [1.29, 1.82) is 5.26 Å². The van der Waals surface area contributed by atoms with E-state index in [-0.39, 0.29) is 5.91 Å². The Morgan fingerprint density at radius 1 is 1.27 bits per heavy atom. The van der Waals surface area contributed by atoms with Crippen LogP contribution in [0.3, 0.4) is 0 Å². The molecular formula is C19H26N4O2S. The molecule has 1 aliphatic rings. The van der Waals surface area contributed by atoms with Gasteiger partial charge in [-0.2, -0.15) is 5.26 Å². The number of carbonyl (C=O) groups is 1. The highest BCUT2D eigenvalue weighted by molar-refractivity contribution is 7.80. The molecule has 0 atom stereocenters. The minimum Gasteiger partial charge on any atom is -0.494 e. The molecule has 1 fully saturated rings. The van der Waals surface area contributed by atoms with E-state index in [0.717, 1.165) is 51.3 Å². The first-order chi connectivity index (χ1) is 12.6. The summed E-state index contributed by atoms with van der Waals surface area (Å²) in [7, 11) is 0. The number of hydrogen-bond donors (Lipinski definition) is 1. The van der Waals surface area contributed by atoms with Gasteiger partial charge in [-0.15, -0.1) is 0 Å². The number of thiocarbonyl (C=S) groups is 1. The van der Waals surface area contributed by atoms with Gasteiger partial charge in [-0.3, -0.25) is 15.0 Å². The Kier molecular flexibility index (Phi) is 8.32. The fourth-order valence-electron chi connectivity index (χ4n) is 2.67. The average Bonchev–Trinajstić information content (AvgIpc) is 2.67. The summed E-state index contributed by atoms with van der Waals surface area (Å²) in [5.74, 6) is 0.563. The van der Waals surface area contributed by atoms with Crippen LogP contribution in [0, 0.1) is 11.3 Å². The molecule has 0 aromatic heterocycles. The Morgan fingerprint density at radius 2 is 1.96 bits per heavy atom. The Hall–Kier alpha value is -2.17. The van der Waals surface area contributed by atoms with Crippen molar-refractivity contribution in [2.45, 2.75) is 26.2 Å². The number of nitriles is 1. The van der Waals surface area contributed by atoms with Gasteiger partial charge < -0.3 is 9.64 Å². The van der Waals surface area contributed by atoms with Gasteiger partial charge in [0.2, 0.25) is 0 Å². The van der Waals surface area contributed by atoms with Gasteiger partial charge in [0.05, 0.1) is 12.7 Å². The van der Waals surface area contributed by atoms with Gasteiger partial charge in [0, 0.05) is 44.7 Å². The normalized spacial score (nSPS) is 14.5. The molecule has 1 aromatic rings. The van der Waals surface area contributed by atoms with E-state index in [1.54, 1.807) is 12.1 Å². The largest absolute Gasteiger partial charge is 0.494 e. The summed E-state index contributed by atoms with van der Waals surface area (Å²) < 4.78 is 5.60. The number of benzene rings is 1. The molecule has 0 aliphatic carbocycles. The maximum absolute atomic E-state index is 12.4. The number of nitrogens with zero attached hydrogens (tertiary/aromatic N) is 3. The molecule has 0 saturated carbocycles. The van der Waals surface area contributed by atoms with Gasteiger partial charge >= 0.3 is 0 Å². The van der Waals surface area contributed by atoms with Crippen LogP contribution in [0.4, 0.5) is 0 Å². The molecule has 1 N–H and O–H groups in total. The van der Waals surface area contributed by atoms with Gasteiger partial charge in [0.1, 0.15) is 5.75 Å². The summed E-state index contributed by atoms with van der Waals surface area (Å²) in [6.45, 7) is 6.81. The third-order valence-corrected chi connectivity index (χ3v) is 4.66. The summed E-state index contributed by atoms with van der Waals surface area (Å²) in [5.41, 5.74) is 0.558. The number of rotatable bonds is 7. The molecule has 1 heterocycles. The molecule has 0 radical (unpaired) electrons. The third kappa shape index (κ3) is 6.28. The van der Waals surface area contributed by atoms with Gasteiger partial charge in [0.25, 0.3) is 5.91 Å². The molecule has 2 rings (SSSR count). The van der Waals surface area contributed by atoms with E-state index in [1.807, 2.05) is 17.0 Å². The number of amides is 1. The molecule has 140 valence electrons. The van der Waals surface area contributed by atoms with Crippen LogP contribution in [0.25, 0.3) is 0 Å². The quantitative estimate of drug-likeness (QED) is 0.584. The second kappa shape index (κ2) is 10.7. The second-order valence-corrected chi connectivity index (χ2v) is 6.61. The lowest BCUT2D eigenvalue weighted by Crippen LogP contribution is -2.52. The fourth-order valence-corrected chi connectivity index (χ4v) is 2.94. The first kappa shape index (κ1) is 20.1. The molecule has 1 aliphatic heterocycles. The van der Waals surface area contributed by atoms with Crippen molar-refractivity contribution in [2.75, 3.05) is 39.3 Å². The summed E-state index contributed by atoms with van der Waals surface area (Å²) in [6.07, 6.45) is 2.64. The lowest BCUT2D eigenvalue weighted by molar-refractivity contribution is 0.0969. The Balaban J connectivity index is 1.78. The van der Waals surface area contributed by atoms with Gasteiger partial charge in [-0.1, -0.05) is 13.3 Å². The zero-order valence-electron chi connectivity index (χ0n) is 15.2. The number of unbranched alkanes of at least 4 members (excludes halogenated alkanes) is 1. The SMILES string of the molecule is CCCCOc1ccc(C(=O)NC(=S)N2CCN(CCC#N)CC2)cc1. The zero-order chi connectivity index (χ0) is 18.8. The zero-order valence-corrected chi connectivity index (χ0v) is 16.1. The van der Waals surface area contributed by atoms with Crippen LogP contribution < -0.4 is 10.1 Å². The summed E-state index contributed by atoms with van der Waals surface area (Å²) in [4.78, 5) is 16.6. The minimum absolute atomic E-state index is 0.206. The monoisotopic (exact) mass is 374 g/mol. The maximum Gasteiger partial charge on any atom is 0.257 e. The Bertz CT molecular complexity index is 634. The second-order valence-electron chi connectivity index (χ2n) is 6.22. The van der Waals surface area contributed by atoms with Crippen molar-refractivity contribution < 1.29 is 9.53 Å². The van der Waals surface area contributed by atoms with Crippen molar-refractivity contribution in [3.8, 4) is 11.8 Å². The van der Waals surface area contributed by atoms with Gasteiger partial charge in [-0.05, 0) is 42.9 Å². The van der Waals surface area contributed by atoms with Crippen molar-refractivity contribution in [3.05, 3.63) is 29.8 Å². The highest BCUT2D eigenvalue weighted by atomic mass is 32.1. The van der Waals surface area contributed by atoms with Crippen LogP contribution in [-0.2, 0) is 0 Å². The first-order valence-electron chi connectivity index (χ1n) is 9.06. The molecular weight excluding hydrogens is 348 g/mol. The van der Waals surface area contributed by atoms with E-state index in [0.29, 0.717) is 23.7 Å². The van der Waals surface area contributed by atoms with E-state index in [9.17, 15) is 4.79 Å². The van der Waals surface area contributed by atoms with E-state index >= 15 is 0 Å². The summed E-state index contributed by atoms with van der Waals surface area (Å²) in [6, 6.07) is 9.28. The number of carbonyl (C=O) groups excluding carboxylic acids is 1. The van der Waals surface area contributed by atoms with Crippen LogP contribution in [-0.4, -0.2) is 60.2 Å². The molecule has 0 bridgehead atoms. The van der Waals surface area contributed by atoms with Crippen molar-refractivity contribution in [2.24, 2.45) is 0 Å². The van der Waals surface area contributed by atoms with Crippen molar-refractivity contribution in [3.63, 3.8) is 0 Å². The van der Waals surface area contributed by atoms with Gasteiger partial charge in [0.15, 0.2) is 5.11 Å². The molecule has 6 nitrogen and oxygen atoms in total. The molecule has 1 amide bonds. The molecule has 1 aromatic carbocycles. The van der Waals surface area contributed by atoms with E-state index in [1.165, 1.54) is 0 Å². The van der Waals surface area contributed by atoms with Crippen molar-refractivity contribution >= 4 is 23.2 Å². The fraction of sp³-hybridized carbons (Fsp3) is 0.526. The lowest BCUT2D eigenvalue weighted by Gasteiger charge is -2.35. The van der Waals surface area contributed by atoms with E-state index in [4.69, 9.17) is 22.2 Å². The van der Waals surface area contributed by atoms with Crippen molar-refractivity contribution in [1.82, 2.24) is 15.1 Å². The maximum atomic E-state index is 12.4. The van der Waals surface area contributed by atoms with Crippen LogP contribution >= 0.6 is 12.2 Å². The minimum atomic E-state index is -0.206. The van der Waals surface area contributed by atoms with E-state index in [2.05, 4.69) is 23.2 Å². The number of nitrogens with one attached hydrogen (secondary N) is 1. The molecule has 0 unspecified atom stereocenters. The molecule has 26 heavy (non-hydrogen) atoms.